The summed E-state index contributed by atoms with van der Waals surface area (Å²) in [7, 11) is 0. The Kier molecular flexibility index (Phi) is 1.91. The minimum absolute atomic E-state index is 1.09. The van der Waals surface area contributed by atoms with Gasteiger partial charge in [-0.25, -0.2) is 4.98 Å². The number of aryl methyl sites for hydroxylation is 1. The lowest BCUT2D eigenvalue weighted by Gasteiger charge is -2.02. The van der Waals surface area contributed by atoms with Crippen LogP contribution in [0.25, 0.3) is 21.8 Å². The zero-order valence-electron chi connectivity index (χ0n) is 9.26. The Balaban J connectivity index is 2.27. The van der Waals surface area contributed by atoms with E-state index in [0.29, 0.717) is 0 Å². The Morgan fingerprint density at radius 1 is 1.06 bits per heavy atom. The highest BCUT2D eigenvalue weighted by molar-refractivity contribution is 7.99. The Bertz CT molecular complexity index is 737. The number of hydrogen-bond donors (Lipinski definition) is 0. The summed E-state index contributed by atoms with van der Waals surface area (Å²) in [4.78, 5) is 4.56. The van der Waals surface area contributed by atoms with Gasteiger partial charge in [-0.3, -0.25) is 0 Å². The number of aromatic nitrogens is 2. The molecule has 2 nitrogen and oxygen atoms in total. The molecule has 82 valence electrons. The van der Waals surface area contributed by atoms with Gasteiger partial charge in [-0.05, 0) is 18.2 Å². The Labute approximate surface area is 103 Å². The largest absolute Gasteiger partial charge is 0.249 e. The average Bonchev–Trinajstić information content (AvgIpc) is 2.86. The van der Waals surface area contributed by atoms with Crippen molar-refractivity contribution in [3.8, 4) is 0 Å². The maximum Gasteiger partial charge on any atom is 0.240 e. The molecule has 0 N–H and O–H groups in total. The van der Waals surface area contributed by atoms with E-state index in [1.165, 1.54) is 27.1 Å². The fraction of sp³-hybridized carbons (Fsp3) is 0.143. The average molecular weight is 239 g/mol. The minimum Gasteiger partial charge on any atom is -0.249 e. The molecule has 0 atom stereocenters. The maximum atomic E-state index is 4.56. The van der Waals surface area contributed by atoms with E-state index in [0.717, 1.165) is 12.1 Å². The van der Waals surface area contributed by atoms with E-state index >= 15 is 0 Å². The quantitative estimate of drug-likeness (QED) is 0.443. The minimum atomic E-state index is 1.09. The predicted molar refractivity (Wildman–Crippen MR) is 70.2 cm³/mol. The molecule has 0 aliphatic carbocycles. The second-order valence-corrected chi connectivity index (χ2v) is 5.37. The number of nitrogens with zero attached hydrogens (tertiary/aromatic N) is 2. The third-order valence-corrected chi connectivity index (χ3v) is 4.32. The molecule has 1 aliphatic rings. The smallest absolute Gasteiger partial charge is 0.240 e. The molecule has 0 saturated heterocycles. The molecule has 1 aliphatic heterocycles. The van der Waals surface area contributed by atoms with Crippen molar-refractivity contribution in [2.75, 3.05) is 5.75 Å². The molecule has 0 radical (unpaired) electrons. The van der Waals surface area contributed by atoms with Crippen LogP contribution >= 0.6 is 11.8 Å². The molecular formula is C14H11N2S+. The molecule has 0 amide bonds. The first kappa shape index (κ1) is 9.42. The van der Waals surface area contributed by atoms with Gasteiger partial charge in [0.15, 0.2) is 6.54 Å². The summed E-state index contributed by atoms with van der Waals surface area (Å²) in [6, 6.07) is 12.9. The Morgan fingerprint density at radius 2 is 1.94 bits per heavy atom. The van der Waals surface area contributed by atoms with Crippen LogP contribution in [0.3, 0.4) is 0 Å². The van der Waals surface area contributed by atoms with E-state index in [4.69, 9.17) is 0 Å². The van der Waals surface area contributed by atoms with Crippen molar-refractivity contribution in [1.29, 1.82) is 0 Å². The van der Waals surface area contributed by atoms with E-state index in [9.17, 15) is 0 Å². The van der Waals surface area contributed by atoms with Crippen LogP contribution in [0.5, 0.6) is 0 Å². The molecule has 0 saturated carbocycles. The molecule has 0 fully saturated rings. The first-order valence-corrected chi connectivity index (χ1v) is 6.75. The van der Waals surface area contributed by atoms with Crippen molar-refractivity contribution in [1.82, 2.24) is 4.98 Å². The zero-order valence-corrected chi connectivity index (χ0v) is 10.1. The van der Waals surface area contributed by atoms with Crippen LogP contribution in [0.1, 0.15) is 0 Å². The summed E-state index contributed by atoms with van der Waals surface area (Å²) in [6.07, 6.45) is 1.88. The second kappa shape index (κ2) is 3.44. The van der Waals surface area contributed by atoms with Crippen molar-refractivity contribution in [3.05, 3.63) is 42.6 Å². The van der Waals surface area contributed by atoms with Gasteiger partial charge in [0.05, 0.1) is 5.75 Å². The highest BCUT2D eigenvalue weighted by atomic mass is 32.2. The van der Waals surface area contributed by atoms with Gasteiger partial charge in [0, 0.05) is 23.0 Å². The number of rotatable bonds is 0. The highest BCUT2D eigenvalue weighted by Gasteiger charge is 2.24. The van der Waals surface area contributed by atoms with Crippen LogP contribution in [0.2, 0.25) is 0 Å². The van der Waals surface area contributed by atoms with Gasteiger partial charge in [0.1, 0.15) is 5.52 Å². The molecule has 1 aromatic carbocycles. The molecule has 17 heavy (non-hydrogen) atoms. The van der Waals surface area contributed by atoms with Crippen molar-refractivity contribution < 1.29 is 4.57 Å². The summed E-state index contributed by atoms with van der Waals surface area (Å²) in [5.41, 5.74) is 2.40. The third-order valence-electron chi connectivity index (χ3n) is 3.29. The van der Waals surface area contributed by atoms with E-state index < -0.39 is 0 Å². The number of fused-ring (bicyclic) bond motifs is 5. The third kappa shape index (κ3) is 1.29. The molecule has 4 rings (SSSR count). The standard InChI is InChI=1S/C14H11N2S/c1-2-10-3-4-11-5-6-12-16(8-9-17-12)14(11)13(10)15-7-1/h1-7H,8-9H2/q+1. The molecule has 3 aromatic rings. The van der Waals surface area contributed by atoms with Crippen LogP contribution in [-0.4, -0.2) is 10.7 Å². The SMILES string of the molecule is c1cnc2c(c1)ccc1ccc3[n+](c12)CCS3. The van der Waals surface area contributed by atoms with Crippen LogP contribution < -0.4 is 4.57 Å². The van der Waals surface area contributed by atoms with Crippen molar-refractivity contribution in [2.45, 2.75) is 11.6 Å². The molecule has 3 heteroatoms. The Morgan fingerprint density at radius 3 is 2.94 bits per heavy atom. The lowest BCUT2D eigenvalue weighted by molar-refractivity contribution is -0.697. The molecule has 0 spiro atoms. The number of pyridine rings is 2. The summed E-state index contributed by atoms with van der Waals surface area (Å²) in [6.45, 7) is 1.09. The fourth-order valence-corrected chi connectivity index (χ4v) is 3.50. The highest BCUT2D eigenvalue weighted by Crippen LogP contribution is 2.26. The van der Waals surface area contributed by atoms with Gasteiger partial charge in [-0.2, -0.15) is 4.57 Å². The Hall–Kier alpha value is -1.61. The molecular weight excluding hydrogens is 228 g/mol. The van der Waals surface area contributed by atoms with Gasteiger partial charge < -0.3 is 0 Å². The molecule has 3 heterocycles. The monoisotopic (exact) mass is 239 g/mol. The van der Waals surface area contributed by atoms with E-state index in [2.05, 4.69) is 39.9 Å². The predicted octanol–water partition coefficient (Wildman–Crippen LogP) is 2.78. The van der Waals surface area contributed by atoms with Gasteiger partial charge in [-0.1, -0.05) is 23.9 Å². The summed E-state index contributed by atoms with van der Waals surface area (Å²) in [5.74, 6) is 1.17. The fourth-order valence-electron chi connectivity index (χ4n) is 2.51. The van der Waals surface area contributed by atoms with Gasteiger partial charge >= 0.3 is 0 Å². The first-order valence-electron chi connectivity index (χ1n) is 5.76. The molecule has 2 aromatic heterocycles. The van der Waals surface area contributed by atoms with Crippen LogP contribution in [0.15, 0.2) is 47.6 Å². The van der Waals surface area contributed by atoms with Crippen LogP contribution in [0, 0.1) is 0 Å². The normalized spacial score (nSPS) is 14.4. The van der Waals surface area contributed by atoms with Crippen molar-refractivity contribution in [2.24, 2.45) is 0 Å². The van der Waals surface area contributed by atoms with Crippen molar-refractivity contribution >= 4 is 33.6 Å². The number of thioether (sulfide) groups is 1. The van der Waals surface area contributed by atoms with E-state index in [-0.39, 0.29) is 0 Å². The van der Waals surface area contributed by atoms with Gasteiger partial charge in [0.2, 0.25) is 10.5 Å². The summed E-state index contributed by atoms with van der Waals surface area (Å²) in [5, 5.41) is 3.86. The molecule has 0 bridgehead atoms. The number of benzene rings is 1. The zero-order chi connectivity index (χ0) is 11.2. The first-order chi connectivity index (χ1) is 8.43. The topological polar surface area (TPSA) is 16.8 Å². The lowest BCUT2D eigenvalue weighted by Crippen LogP contribution is -2.33. The maximum absolute atomic E-state index is 4.56. The molecule has 0 unspecified atom stereocenters. The van der Waals surface area contributed by atoms with Crippen molar-refractivity contribution in [3.63, 3.8) is 0 Å². The van der Waals surface area contributed by atoms with Crippen LogP contribution in [-0.2, 0) is 6.54 Å². The summed E-state index contributed by atoms with van der Waals surface area (Å²) < 4.78 is 2.40. The number of hydrogen-bond acceptors (Lipinski definition) is 2. The van der Waals surface area contributed by atoms with Gasteiger partial charge in [-0.15, -0.1) is 0 Å². The van der Waals surface area contributed by atoms with E-state index in [1.54, 1.807) is 0 Å². The van der Waals surface area contributed by atoms with Gasteiger partial charge in [0.25, 0.3) is 0 Å². The lowest BCUT2D eigenvalue weighted by atomic mass is 10.1. The van der Waals surface area contributed by atoms with E-state index in [1.807, 2.05) is 24.0 Å². The second-order valence-electron chi connectivity index (χ2n) is 4.25. The summed E-state index contributed by atoms with van der Waals surface area (Å²) >= 11 is 1.93. The van der Waals surface area contributed by atoms with Crippen LogP contribution in [0.4, 0.5) is 0 Å².